The molecule has 8 heteroatoms. The molecule has 0 saturated carbocycles. The van der Waals surface area contributed by atoms with Crippen molar-refractivity contribution in [1.82, 2.24) is 9.55 Å². The first-order valence-corrected chi connectivity index (χ1v) is 7.90. The van der Waals surface area contributed by atoms with Crippen LogP contribution in [0, 0.1) is 10.1 Å². The number of nitrogens with one attached hydrogen (secondary N) is 1. The lowest BCUT2D eigenvalue weighted by molar-refractivity contribution is -0.384. The molecule has 0 atom stereocenters. The van der Waals surface area contributed by atoms with Gasteiger partial charge in [0, 0.05) is 24.0 Å². The number of carbonyl (C=O) groups is 1. The molecule has 26 heavy (non-hydrogen) atoms. The van der Waals surface area contributed by atoms with E-state index in [1.165, 1.54) is 35.3 Å². The number of ether oxygens (including phenoxy) is 1. The summed E-state index contributed by atoms with van der Waals surface area (Å²) in [7, 11) is 0. The Morgan fingerprint density at radius 3 is 2.81 bits per heavy atom. The van der Waals surface area contributed by atoms with E-state index < -0.39 is 10.8 Å². The summed E-state index contributed by atoms with van der Waals surface area (Å²) >= 11 is 0. The quantitative estimate of drug-likeness (QED) is 0.541. The van der Waals surface area contributed by atoms with Crippen molar-refractivity contribution in [3.8, 4) is 11.4 Å². The lowest BCUT2D eigenvalue weighted by Crippen LogP contribution is -2.13. The van der Waals surface area contributed by atoms with E-state index in [1.807, 2.05) is 6.92 Å². The van der Waals surface area contributed by atoms with Crippen LogP contribution in [-0.2, 0) is 0 Å². The van der Waals surface area contributed by atoms with Crippen molar-refractivity contribution in [2.75, 3.05) is 11.9 Å². The molecule has 3 aromatic rings. The standard InChI is InChI=1S/C18H16N4O4/c1-2-26-17-6-4-3-5-14(17)20-18(23)13-7-8-15(16(11-13)22(24)25)21-10-9-19-12-21/h3-12H,2H2,1H3,(H,20,23). The van der Waals surface area contributed by atoms with Crippen molar-refractivity contribution < 1.29 is 14.5 Å². The van der Waals surface area contributed by atoms with Gasteiger partial charge in [0.05, 0.1) is 23.5 Å². The van der Waals surface area contributed by atoms with Crippen LogP contribution in [0.1, 0.15) is 17.3 Å². The maximum absolute atomic E-state index is 12.5. The Balaban J connectivity index is 1.91. The Hall–Kier alpha value is -3.68. The molecule has 0 radical (unpaired) electrons. The minimum absolute atomic E-state index is 0.173. The summed E-state index contributed by atoms with van der Waals surface area (Å²) in [5.74, 6) is 0.0744. The number of hydrogen-bond donors (Lipinski definition) is 1. The van der Waals surface area contributed by atoms with Gasteiger partial charge in [0.2, 0.25) is 0 Å². The van der Waals surface area contributed by atoms with Gasteiger partial charge in [-0.1, -0.05) is 12.1 Å². The number of amides is 1. The Labute approximate surface area is 149 Å². The molecule has 0 bridgehead atoms. The molecular weight excluding hydrogens is 336 g/mol. The van der Waals surface area contributed by atoms with Crippen LogP contribution in [0.15, 0.2) is 61.2 Å². The molecule has 3 rings (SSSR count). The number of nitrogens with zero attached hydrogens (tertiary/aromatic N) is 3. The van der Waals surface area contributed by atoms with Crippen LogP contribution in [0.2, 0.25) is 0 Å². The maximum atomic E-state index is 12.5. The van der Waals surface area contributed by atoms with Crippen LogP contribution in [-0.4, -0.2) is 27.0 Å². The number of nitro groups is 1. The zero-order valence-corrected chi connectivity index (χ0v) is 14.0. The number of carbonyl (C=O) groups excluding carboxylic acids is 1. The fourth-order valence-corrected chi connectivity index (χ4v) is 2.48. The molecule has 0 unspecified atom stereocenters. The molecule has 1 amide bonds. The van der Waals surface area contributed by atoms with Gasteiger partial charge in [-0.3, -0.25) is 14.9 Å². The third kappa shape index (κ3) is 3.54. The van der Waals surface area contributed by atoms with Gasteiger partial charge >= 0.3 is 0 Å². The molecule has 0 aliphatic rings. The van der Waals surface area contributed by atoms with Crippen molar-refractivity contribution >= 4 is 17.3 Å². The molecule has 0 aliphatic heterocycles. The number of imidazole rings is 1. The first-order chi connectivity index (χ1) is 12.6. The van der Waals surface area contributed by atoms with E-state index in [0.29, 0.717) is 23.7 Å². The van der Waals surface area contributed by atoms with Gasteiger partial charge in [-0.2, -0.15) is 0 Å². The highest BCUT2D eigenvalue weighted by atomic mass is 16.6. The summed E-state index contributed by atoms with van der Waals surface area (Å²) in [4.78, 5) is 27.3. The number of anilines is 1. The molecule has 1 aromatic heterocycles. The van der Waals surface area contributed by atoms with Crippen LogP contribution < -0.4 is 10.1 Å². The Morgan fingerprint density at radius 2 is 2.12 bits per heavy atom. The summed E-state index contributed by atoms with van der Waals surface area (Å²) in [5, 5.41) is 14.1. The monoisotopic (exact) mass is 352 g/mol. The number of benzene rings is 2. The summed E-state index contributed by atoms with van der Waals surface area (Å²) in [6.45, 7) is 2.30. The van der Waals surface area contributed by atoms with Gasteiger partial charge < -0.3 is 14.6 Å². The van der Waals surface area contributed by atoms with E-state index in [-0.39, 0.29) is 11.3 Å². The Bertz CT molecular complexity index is 938. The van der Waals surface area contributed by atoms with Gasteiger partial charge in [0.1, 0.15) is 11.4 Å². The number of nitro benzene ring substituents is 1. The molecular formula is C18H16N4O4. The molecule has 0 saturated heterocycles. The average molecular weight is 352 g/mol. The van der Waals surface area contributed by atoms with Gasteiger partial charge in [0.25, 0.3) is 11.6 Å². The van der Waals surface area contributed by atoms with Gasteiger partial charge in [-0.05, 0) is 31.2 Å². The van der Waals surface area contributed by atoms with E-state index in [1.54, 1.807) is 30.5 Å². The second-order valence-corrected chi connectivity index (χ2v) is 5.31. The smallest absolute Gasteiger partial charge is 0.294 e. The number of aromatic nitrogens is 2. The maximum Gasteiger partial charge on any atom is 0.294 e. The predicted molar refractivity (Wildman–Crippen MR) is 95.8 cm³/mol. The van der Waals surface area contributed by atoms with Crippen LogP contribution in [0.4, 0.5) is 11.4 Å². The summed E-state index contributed by atoms with van der Waals surface area (Å²) < 4.78 is 6.99. The highest BCUT2D eigenvalue weighted by Gasteiger charge is 2.19. The van der Waals surface area contributed by atoms with Crippen LogP contribution in [0.25, 0.3) is 5.69 Å². The lowest BCUT2D eigenvalue weighted by Gasteiger charge is -2.11. The van der Waals surface area contributed by atoms with E-state index in [9.17, 15) is 14.9 Å². The summed E-state index contributed by atoms with van der Waals surface area (Å²) in [6.07, 6.45) is 4.58. The van der Waals surface area contributed by atoms with E-state index in [4.69, 9.17) is 4.74 Å². The summed E-state index contributed by atoms with van der Waals surface area (Å²) in [6, 6.07) is 11.3. The van der Waals surface area contributed by atoms with Crippen LogP contribution in [0.5, 0.6) is 5.75 Å². The summed E-state index contributed by atoms with van der Waals surface area (Å²) in [5.41, 5.74) is 0.820. The van der Waals surface area contributed by atoms with Crippen molar-refractivity contribution in [2.24, 2.45) is 0 Å². The van der Waals surface area contributed by atoms with Gasteiger partial charge in [0.15, 0.2) is 0 Å². The third-order valence-electron chi connectivity index (χ3n) is 3.65. The van der Waals surface area contributed by atoms with Gasteiger partial charge in [-0.15, -0.1) is 0 Å². The highest BCUT2D eigenvalue weighted by Crippen LogP contribution is 2.27. The molecule has 1 N–H and O–H groups in total. The van der Waals surface area contributed by atoms with E-state index in [0.717, 1.165) is 0 Å². The zero-order valence-electron chi connectivity index (χ0n) is 14.0. The van der Waals surface area contributed by atoms with Crippen LogP contribution >= 0.6 is 0 Å². The van der Waals surface area contributed by atoms with E-state index in [2.05, 4.69) is 10.3 Å². The minimum Gasteiger partial charge on any atom is -0.492 e. The number of hydrogen-bond acceptors (Lipinski definition) is 5. The molecule has 0 fully saturated rings. The Kier molecular flexibility index (Phi) is 4.93. The van der Waals surface area contributed by atoms with Crippen molar-refractivity contribution in [3.63, 3.8) is 0 Å². The molecule has 0 aliphatic carbocycles. The zero-order chi connectivity index (χ0) is 18.5. The first-order valence-electron chi connectivity index (χ1n) is 7.90. The SMILES string of the molecule is CCOc1ccccc1NC(=O)c1ccc(-n2ccnc2)c([N+](=O)[O-])c1. The van der Waals surface area contributed by atoms with Crippen molar-refractivity contribution in [1.29, 1.82) is 0 Å². The van der Waals surface area contributed by atoms with Crippen molar-refractivity contribution in [3.05, 3.63) is 76.9 Å². The third-order valence-corrected chi connectivity index (χ3v) is 3.65. The fourth-order valence-electron chi connectivity index (χ4n) is 2.48. The number of rotatable bonds is 6. The molecule has 132 valence electrons. The second kappa shape index (κ2) is 7.47. The van der Waals surface area contributed by atoms with Crippen LogP contribution in [0.3, 0.4) is 0 Å². The molecule has 0 spiro atoms. The van der Waals surface area contributed by atoms with E-state index >= 15 is 0 Å². The van der Waals surface area contributed by atoms with Gasteiger partial charge in [-0.25, -0.2) is 4.98 Å². The largest absolute Gasteiger partial charge is 0.492 e. The molecule has 8 nitrogen and oxygen atoms in total. The second-order valence-electron chi connectivity index (χ2n) is 5.31. The normalized spacial score (nSPS) is 10.3. The average Bonchev–Trinajstić information content (AvgIpc) is 3.17. The minimum atomic E-state index is -0.528. The fraction of sp³-hybridized carbons (Fsp3) is 0.111. The predicted octanol–water partition coefficient (Wildman–Crippen LogP) is 3.43. The molecule has 2 aromatic carbocycles. The Morgan fingerprint density at radius 1 is 1.31 bits per heavy atom. The first kappa shape index (κ1) is 17.2. The lowest BCUT2D eigenvalue weighted by atomic mass is 10.1. The molecule has 1 heterocycles. The highest BCUT2D eigenvalue weighted by molar-refractivity contribution is 6.05. The topological polar surface area (TPSA) is 99.3 Å². The number of para-hydroxylation sites is 2. The van der Waals surface area contributed by atoms with Crippen molar-refractivity contribution in [2.45, 2.75) is 6.92 Å².